The first-order chi connectivity index (χ1) is 5.72. The van der Waals surface area contributed by atoms with E-state index in [9.17, 15) is 4.79 Å². The van der Waals surface area contributed by atoms with E-state index in [-0.39, 0.29) is 5.91 Å². The lowest BCUT2D eigenvalue weighted by atomic mass is 10.4. The monoisotopic (exact) mass is 174 g/mol. The zero-order valence-electron chi connectivity index (χ0n) is 8.09. The number of amides is 1. The Hall–Kier alpha value is -0.610. The van der Waals surface area contributed by atoms with Crippen molar-refractivity contribution in [1.82, 2.24) is 10.2 Å². The van der Waals surface area contributed by atoms with Crippen molar-refractivity contribution in [3.05, 3.63) is 0 Å². The van der Waals surface area contributed by atoms with E-state index in [0.29, 0.717) is 13.2 Å². The molecule has 1 amide bonds. The minimum absolute atomic E-state index is 0.0994. The van der Waals surface area contributed by atoms with Crippen molar-refractivity contribution in [2.24, 2.45) is 0 Å². The van der Waals surface area contributed by atoms with Gasteiger partial charge >= 0.3 is 0 Å². The molecule has 0 atom stereocenters. The van der Waals surface area contributed by atoms with Gasteiger partial charge in [-0.2, -0.15) is 0 Å². The molecule has 0 aromatic rings. The summed E-state index contributed by atoms with van der Waals surface area (Å²) in [6.45, 7) is 4.42. The number of hydrogen-bond donors (Lipinski definition) is 1. The number of carbonyl (C=O) groups excluding carboxylic acids is 1. The van der Waals surface area contributed by atoms with Crippen molar-refractivity contribution in [1.29, 1.82) is 0 Å². The zero-order valence-corrected chi connectivity index (χ0v) is 8.09. The maximum absolute atomic E-state index is 11.0. The van der Waals surface area contributed by atoms with Crippen LogP contribution in [0.3, 0.4) is 0 Å². The first-order valence-corrected chi connectivity index (χ1v) is 4.11. The zero-order chi connectivity index (χ0) is 9.40. The van der Waals surface area contributed by atoms with Crippen LogP contribution in [0.15, 0.2) is 0 Å². The molecule has 0 radical (unpaired) electrons. The predicted molar refractivity (Wildman–Crippen MR) is 48.1 cm³/mol. The Morgan fingerprint density at radius 1 is 1.50 bits per heavy atom. The molecule has 0 unspecified atom stereocenters. The molecule has 0 aliphatic carbocycles. The summed E-state index contributed by atoms with van der Waals surface area (Å²) in [7, 11) is 3.50. The van der Waals surface area contributed by atoms with Crippen molar-refractivity contribution in [3.63, 3.8) is 0 Å². The van der Waals surface area contributed by atoms with E-state index >= 15 is 0 Å². The summed E-state index contributed by atoms with van der Waals surface area (Å²) in [4.78, 5) is 12.8. The molecule has 0 rings (SSSR count). The fraction of sp³-hybridized carbons (Fsp3) is 0.875. The highest BCUT2D eigenvalue weighted by Crippen LogP contribution is 1.88. The van der Waals surface area contributed by atoms with E-state index in [1.165, 1.54) is 0 Å². The van der Waals surface area contributed by atoms with E-state index in [0.717, 1.165) is 13.1 Å². The molecule has 0 heterocycles. The molecule has 12 heavy (non-hydrogen) atoms. The second-order valence-corrected chi connectivity index (χ2v) is 2.60. The molecule has 0 aromatic heterocycles. The quantitative estimate of drug-likeness (QED) is 0.601. The van der Waals surface area contributed by atoms with Crippen LogP contribution < -0.4 is 5.32 Å². The predicted octanol–water partition coefficient (Wildman–Crippen LogP) is -0.299. The molecule has 0 bridgehead atoms. The van der Waals surface area contributed by atoms with Crippen LogP contribution in [0.5, 0.6) is 0 Å². The Kier molecular flexibility index (Phi) is 6.70. The highest BCUT2D eigenvalue weighted by Gasteiger charge is 2.05. The number of methoxy groups -OCH3 is 1. The van der Waals surface area contributed by atoms with E-state index < -0.39 is 0 Å². The lowest BCUT2D eigenvalue weighted by Gasteiger charge is -2.20. The third-order valence-electron chi connectivity index (χ3n) is 1.64. The van der Waals surface area contributed by atoms with Gasteiger partial charge in [0.15, 0.2) is 0 Å². The Balaban J connectivity index is 3.62. The largest absolute Gasteiger partial charge is 0.383 e. The third-order valence-corrected chi connectivity index (χ3v) is 1.64. The number of likely N-dealkylation sites (N-methyl/N-ethyl adjacent to an activating group) is 1. The van der Waals surface area contributed by atoms with Gasteiger partial charge in [0.05, 0.1) is 6.61 Å². The van der Waals surface area contributed by atoms with Crippen molar-refractivity contribution in [2.75, 3.05) is 40.4 Å². The number of carbonyl (C=O) groups is 1. The summed E-state index contributed by atoms with van der Waals surface area (Å²) < 4.78 is 4.89. The topological polar surface area (TPSA) is 41.6 Å². The van der Waals surface area contributed by atoms with Crippen molar-refractivity contribution >= 4 is 5.91 Å². The number of rotatable bonds is 6. The first kappa shape index (κ1) is 11.4. The van der Waals surface area contributed by atoms with Crippen molar-refractivity contribution < 1.29 is 9.53 Å². The van der Waals surface area contributed by atoms with Crippen LogP contribution in [0, 0.1) is 0 Å². The molecule has 4 heteroatoms. The van der Waals surface area contributed by atoms with Crippen LogP contribution >= 0.6 is 0 Å². The molecular weight excluding hydrogens is 156 g/mol. The number of nitrogens with zero attached hydrogens (tertiary/aromatic N) is 1. The van der Waals surface area contributed by atoms with Gasteiger partial charge in [-0.1, -0.05) is 0 Å². The molecule has 0 saturated heterocycles. The third kappa shape index (κ3) is 5.09. The maximum atomic E-state index is 11.0. The Labute approximate surface area is 73.9 Å². The number of nitrogens with one attached hydrogen (secondary N) is 1. The number of ether oxygens (including phenoxy) is 1. The van der Waals surface area contributed by atoms with E-state index in [2.05, 4.69) is 5.32 Å². The van der Waals surface area contributed by atoms with Crippen LogP contribution in [-0.2, 0) is 9.53 Å². The molecule has 72 valence electrons. The molecular formula is C8H18N2O2. The Morgan fingerprint density at radius 3 is 2.58 bits per heavy atom. The smallest absolute Gasteiger partial charge is 0.219 e. The van der Waals surface area contributed by atoms with E-state index in [4.69, 9.17) is 4.74 Å². The van der Waals surface area contributed by atoms with Crippen LogP contribution in [-0.4, -0.2) is 51.2 Å². The second kappa shape index (κ2) is 7.06. The molecule has 0 spiro atoms. The van der Waals surface area contributed by atoms with Gasteiger partial charge in [-0.15, -0.1) is 0 Å². The molecule has 0 saturated carbocycles. The fourth-order valence-corrected chi connectivity index (χ4v) is 0.875. The fourth-order valence-electron chi connectivity index (χ4n) is 0.875. The summed E-state index contributed by atoms with van der Waals surface area (Å²) in [6.07, 6.45) is 0. The van der Waals surface area contributed by atoms with Gasteiger partial charge in [0.25, 0.3) is 0 Å². The Bertz CT molecular complexity index is 120. The molecule has 4 nitrogen and oxygen atoms in total. The van der Waals surface area contributed by atoms with Crippen LogP contribution in [0.1, 0.15) is 6.92 Å². The standard InChI is InChI=1S/C8H18N2O2/c1-8(11)10(5-4-9-2)6-7-12-3/h9H,4-7H2,1-3H3. The normalized spacial score (nSPS) is 9.92. The minimum atomic E-state index is 0.0994. The summed E-state index contributed by atoms with van der Waals surface area (Å²) in [5, 5.41) is 2.99. The molecule has 0 aliphatic heterocycles. The van der Waals surface area contributed by atoms with Gasteiger partial charge in [0.2, 0.25) is 5.91 Å². The van der Waals surface area contributed by atoms with Crippen molar-refractivity contribution in [3.8, 4) is 0 Å². The average molecular weight is 174 g/mol. The molecule has 0 fully saturated rings. The molecule has 1 N–H and O–H groups in total. The SMILES string of the molecule is CNCCN(CCOC)C(C)=O. The van der Waals surface area contributed by atoms with Gasteiger partial charge in [-0.05, 0) is 7.05 Å². The van der Waals surface area contributed by atoms with E-state index in [1.807, 2.05) is 7.05 Å². The number of hydrogen-bond acceptors (Lipinski definition) is 3. The maximum Gasteiger partial charge on any atom is 0.219 e. The van der Waals surface area contributed by atoms with Crippen LogP contribution in [0.25, 0.3) is 0 Å². The highest BCUT2D eigenvalue weighted by atomic mass is 16.5. The average Bonchev–Trinajstić information content (AvgIpc) is 2.04. The second-order valence-electron chi connectivity index (χ2n) is 2.60. The first-order valence-electron chi connectivity index (χ1n) is 4.11. The van der Waals surface area contributed by atoms with Gasteiger partial charge in [0.1, 0.15) is 0 Å². The van der Waals surface area contributed by atoms with Crippen molar-refractivity contribution in [2.45, 2.75) is 6.92 Å². The summed E-state index contributed by atoms with van der Waals surface area (Å²) >= 11 is 0. The lowest BCUT2D eigenvalue weighted by molar-refractivity contribution is -0.129. The Morgan fingerprint density at radius 2 is 2.17 bits per heavy atom. The summed E-state index contributed by atoms with van der Waals surface area (Å²) in [5.74, 6) is 0.0994. The van der Waals surface area contributed by atoms with Crippen LogP contribution in [0.2, 0.25) is 0 Å². The van der Waals surface area contributed by atoms with E-state index in [1.54, 1.807) is 18.9 Å². The summed E-state index contributed by atoms with van der Waals surface area (Å²) in [6, 6.07) is 0. The van der Waals surface area contributed by atoms with Gasteiger partial charge in [0, 0.05) is 33.7 Å². The summed E-state index contributed by atoms with van der Waals surface area (Å²) in [5.41, 5.74) is 0. The van der Waals surface area contributed by atoms with Gasteiger partial charge < -0.3 is 15.0 Å². The van der Waals surface area contributed by atoms with Gasteiger partial charge in [-0.3, -0.25) is 4.79 Å². The minimum Gasteiger partial charge on any atom is -0.383 e. The van der Waals surface area contributed by atoms with Gasteiger partial charge in [-0.25, -0.2) is 0 Å². The molecule has 0 aliphatic rings. The molecule has 0 aromatic carbocycles. The van der Waals surface area contributed by atoms with Crippen LogP contribution in [0.4, 0.5) is 0 Å². The lowest BCUT2D eigenvalue weighted by Crippen LogP contribution is -2.36. The highest BCUT2D eigenvalue weighted by molar-refractivity contribution is 5.73.